The van der Waals surface area contributed by atoms with Gasteiger partial charge in [0, 0.05) is 72.7 Å². The second kappa shape index (κ2) is 13.0. The van der Waals surface area contributed by atoms with E-state index in [1.807, 2.05) is 60.5 Å². The number of rotatable bonds is 7. The van der Waals surface area contributed by atoms with Crippen LogP contribution in [0.5, 0.6) is 0 Å². The Morgan fingerprint density at radius 3 is 2.54 bits per heavy atom. The summed E-state index contributed by atoms with van der Waals surface area (Å²) in [4.78, 5) is 33.5. The third-order valence-electron chi connectivity index (χ3n) is 8.07. The minimum Gasteiger partial charge on any atom is -0.369 e. The van der Waals surface area contributed by atoms with E-state index in [9.17, 15) is 9.59 Å². The summed E-state index contributed by atoms with van der Waals surface area (Å²) >= 11 is 13.9. The van der Waals surface area contributed by atoms with Crippen molar-refractivity contribution < 1.29 is 9.59 Å². The molecule has 2 aliphatic heterocycles. The molecule has 0 spiro atoms. The number of nitrogens with one attached hydrogen (secondary N) is 1. The van der Waals surface area contributed by atoms with E-state index >= 15 is 0 Å². The summed E-state index contributed by atoms with van der Waals surface area (Å²) < 4.78 is 0. The Morgan fingerprint density at radius 2 is 1.79 bits per heavy atom. The van der Waals surface area contributed by atoms with Crippen LogP contribution in [0.25, 0.3) is 6.08 Å². The molecule has 2 aromatic carbocycles. The fourth-order valence-electron chi connectivity index (χ4n) is 5.84. The Labute approximate surface area is 245 Å². The second-order valence-corrected chi connectivity index (χ2v) is 12.8. The first-order valence-electron chi connectivity index (χ1n) is 13.8. The minimum absolute atomic E-state index is 0.0257. The molecule has 1 N–H and O–H groups in total. The molecule has 2 saturated heterocycles. The maximum Gasteiger partial charge on any atom is 0.260 e. The van der Waals surface area contributed by atoms with Gasteiger partial charge >= 0.3 is 0 Å². The van der Waals surface area contributed by atoms with E-state index < -0.39 is 0 Å². The van der Waals surface area contributed by atoms with Crippen molar-refractivity contribution in [1.29, 1.82) is 0 Å². The van der Waals surface area contributed by atoms with Crippen LogP contribution < -0.4 is 10.2 Å². The number of fused-ring (bicyclic) bond motifs is 1. The Morgan fingerprint density at radius 1 is 1.05 bits per heavy atom. The molecule has 3 unspecified atom stereocenters. The molecule has 3 atom stereocenters. The maximum atomic E-state index is 13.1. The van der Waals surface area contributed by atoms with Gasteiger partial charge in [0.15, 0.2) is 0 Å². The number of piperazine rings is 1. The molecule has 3 fully saturated rings. The summed E-state index contributed by atoms with van der Waals surface area (Å²) in [6.07, 6.45) is 5.38. The molecule has 39 heavy (non-hydrogen) atoms. The van der Waals surface area contributed by atoms with Crippen LogP contribution >= 0.6 is 35.0 Å². The highest BCUT2D eigenvalue weighted by molar-refractivity contribution is 8.04. The second-order valence-electron chi connectivity index (χ2n) is 10.7. The zero-order valence-corrected chi connectivity index (χ0v) is 24.6. The monoisotopic (exact) mass is 586 g/mol. The molecule has 9 heteroatoms. The summed E-state index contributed by atoms with van der Waals surface area (Å²) in [5, 5.41) is 4.92. The predicted octanol–water partition coefficient (Wildman–Crippen LogP) is 5.41. The molecule has 1 saturated carbocycles. The van der Waals surface area contributed by atoms with Gasteiger partial charge < -0.3 is 15.1 Å². The van der Waals surface area contributed by atoms with Crippen molar-refractivity contribution in [2.24, 2.45) is 5.92 Å². The quantitative estimate of drug-likeness (QED) is 0.347. The van der Waals surface area contributed by atoms with Crippen molar-refractivity contribution in [3.8, 4) is 0 Å². The lowest BCUT2D eigenvalue weighted by atomic mass is 9.83. The van der Waals surface area contributed by atoms with Crippen molar-refractivity contribution in [3.05, 3.63) is 69.0 Å². The SMILES string of the molecule is CN1C(=O)/C(=C/c2cccc(Cl)c2)SC2CCC(C(=O)NCCCN3CCN(c4cccc(Cl)c4)CC3)CC21. The molecule has 2 heterocycles. The van der Waals surface area contributed by atoms with Gasteiger partial charge in [0.1, 0.15) is 0 Å². The van der Waals surface area contributed by atoms with Gasteiger partial charge in [-0.25, -0.2) is 0 Å². The van der Waals surface area contributed by atoms with Crippen molar-refractivity contribution in [3.63, 3.8) is 0 Å². The molecule has 6 nitrogen and oxygen atoms in total. The molecule has 2 amide bonds. The number of hydrogen-bond acceptors (Lipinski definition) is 5. The average Bonchev–Trinajstić information content (AvgIpc) is 2.94. The smallest absolute Gasteiger partial charge is 0.260 e. The molecular formula is C30H36Cl2N4O2S. The number of amides is 2. The lowest BCUT2D eigenvalue weighted by molar-refractivity contribution is -0.131. The number of benzene rings is 2. The van der Waals surface area contributed by atoms with Gasteiger partial charge in [-0.1, -0.05) is 41.4 Å². The Balaban J connectivity index is 1.04. The number of nitrogens with zero attached hydrogens (tertiary/aromatic N) is 3. The first-order valence-corrected chi connectivity index (χ1v) is 15.4. The summed E-state index contributed by atoms with van der Waals surface area (Å²) in [5.74, 6) is 0.116. The van der Waals surface area contributed by atoms with E-state index in [2.05, 4.69) is 21.2 Å². The highest BCUT2D eigenvalue weighted by Gasteiger charge is 2.42. The van der Waals surface area contributed by atoms with Crippen LogP contribution in [0.15, 0.2) is 53.4 Å². The van der Waals surface area contributed by atoms with Crippen LogP contribution in [0.4, 0.5) is 5.69 Å². The van der Waals surface area contributed by atoms with E-state index in [0.717, 1.165) is 73.9 Å². The van der Waals surface area contributed by atoms with E-state index in [4.69, 9.17) is 23.2 Å². The van der Waals surface area contributed by atoms with Gasteiger partial charge in [-0.2, -0.15) is 0 Å². The van der Waals surface area contributed by atoms with Gasteiger partial charge in [-0.05, 0) is 74.2 Å². The summed E-state index contributed by atoms with van der Waals surface area (Å²) in [7, 11) is 1.87. The highest BCUT2D eigenvalue weighted by atomic mass is 35.5. The van der Waals surface area contributed by atoms with Crippen molar-refractivity contribution in [2.45, 2.75) is 37.0 Å². The van der Waals surface area contributed by atoms with Crippen molar-refractivity contribution >= 4 is 58.5 Å². The van der Waals surface area contributed by atoms with Crippen LogP contribution in [0.2, 0.25) is 10.0 Å². The Hall–Kier alpha value is -2.19. The van der Waals surface area contributed by atoms with Gasteiger partial charge in [-0.3, -0.25) is 14.5 Å². The van der Waals surface area contributed by atoms with Crippen LogP contribution in [0.1, 0.15) is 31.2 Å². The molecule has 2 aromatic rings. The molecular weight excluding hydrogens is 551 g/mol. The van der Waals surface area contributed by atoms with Gasteiger partial charge in [0.2, 0.25) is 5.91 Å². The number of carbonyl (C=O) groups is 2. The lowest BCUT2D eigenvalue weighted by Crippen LogP contribution is -2.52. The van der Waals surface area contributed by atoms with E-state index in [-0.39, 0.29) is 23.8 Å². The first kappa shape index (κ1) is 28.3. The number of hydrogen-bond donors (Lipinski definition) is 1. The summed E-state index contributed by atoms with van der Waals surface area (Å²) in [6.45, 7) is 5.66. The molecule has 0 radical (unpaired) electrons. The summed E-state index contributed by atoms with van der Waals surface area (Å²) in [6, 6.07) is 15.7. The average molecular weight is 588 g/mol. The molecule has 0 aromatic heterocycles. The Bertz CT molecular complexity index is 1220. The zero-order valence-electron chi connectivity index (χ0n) is 22.3. The topological polar surface area (TPSA) is 55.9 Å². The normalized spacial score (nSPS) is 25.1. The Kier molecular flexibility index (Phi) is 9.44. The molecule has 5 rings (SSSR count). The maximum absolute atomic E-state index is 13.1. The van der Waals surface area contributed by atoms with Gasteiger partial charge in [-0.15, -0.1) is 11.8 Å². The third kappa shape index (κ3) is 7.12. The van der Waals surface area contributed by atoms with Crippen LogP contribution in [-0.2, 0) is 9.59 Å². The van der Waals surface area contributed by atoms with Crippen LogP contribution in [0.3, 0.4) is 0 Å². The van der Waals surface area contributed by atoms with Crippen LogP contribution in [-0.4, -0.2) is 79.2 Å². The number of carbonyl (C=O) groups excluding carboxylic acids is 2. The van der Waals surface area contributed by atoms with E-state index in [1.165, 1.54) is 5.69 Å². The fourth-order valence-corrected chi connectivity index (χ4v) is 7.71. The molecule has 3 aliphatic rings. The van der Waals surface area contributed by atoms with E-state index in [0.29, 0.717) is 16.8 Å². The number of halogens is 2. The minimum atomic E-state index is -0.0400. The fraction of sp³-hybridized carbons (Fsp3) is 0.467. The summed E-state index contributed by atoms with van der Waals surface area (Å²) in [5.41, 5.74) is 2.11. The first-order chi connectivity index (χ1) is 18.9. The van der Waals surface area contributed by atoms with Gasteiger partial charge in [0.25, 0.3) is 5.91 Å². The van der Waals surface area contributed by atoms with Crippen molar-refractivity contribution in [2.75, 3.05) is 51.2 Å². The standard InChI is InChI=1S/C30H36Cl2N4O2S/c1-34-26-19-22(9-10-27(26)39-28(30(34)38)18-21-5-2-6-23(31)17-21)29(37)33-11-4-12-35-13-15-36(16-14-35)25-8-3-7-24(32)20-25/h2-3,5-8,17-18,20,22,26-27H,4,9-16,19H2,1H3,(H,33,37)/b28-18-. The third-order valence-corrected chi connectivity index (χ3v) is 9.94. The van der Waals surface area contributed by atoms with Crippen LogP contribution in [0, 0.1) is 5.92 Å². The highest BCUT2D eigenvalue weighted by Crippen LogP contribution is 2.43. The van der Waals surface area contributed by atoms with Crippen molar-refractivity contribution in [1.82, 2.24) is 15.1 Å². The van der Waals surface area contributed by atoms with E-state index in [1.54, 1.807) is 11.8 Å². The van der Waals surface area contributed by atoms with Gasteiger partial charge in [0.05, 0.1) is 4.91 Å². The largest absolute Gasteiger partial charge is 0.369 e. The number of thioether (sulfide) groups is 1. The lowest BCUT2D eigenvalue weighted by Gasteiger charge is -2.44. The predicted molar refractivity (Wildman–Crippen MR) is 162 cm³/mol. The number of likely N-dealkylation sites (N-methyl/N-ethyl adjacent to an activating group) is 1. The number of anilines is 1. The molecule has 0 bridgehead atoms. The molecule has 1 aliphatic carbocycles. The molecule has 208 valence electrons. The zero-order chi connectivity index (χ0) is 27.4.